The van der Waals surface area contributed by atoms with Crippen LogP contribution in [0.25, 0.3) is 0 Å². The van der Waals surface area contributed by atoms with Gasteiger partial charge in [-0.25, -0.2) is 9.48 Å². The molecule has 0 saturated carbocycles. The lowest BCUT2D eigenvalue weighted by Crippen LogP contribution is -2.31. The number of benzene rings is 2. The zero-order chi connectivity index (χ0) is 22.4. The average molecular weight is 419 g/mol. The van der Waals surface area contributed by atoms with Gasteiger partial charge in [-0.1, -0.05) is 55.5 Å². The average Bonchev–Trinajstić information content (AvgIpc) is 3.26. The molecular weight excluding hydrogens is 394 g/mol. The molecule has 0 aliphatic carbocycles. The second kappa shape index (κ2) is 9.84. The zero-order valence-electron chi connectivity index (χ0n) is 17.7. The second-order valence-electron chi connectivity index (χ2n) is 7.20. The molecule has 0 aliphatic rings. The first-order valence-electron chi connectivity index (χ1n) is 10.2. The smallest absolute Gasteiger partial charge is 0.339 e. The minimum atomic E-state index is -1.06. The molecule has 2 atom stereocenters. The molecule has 1 N–H and O–H groups in total. The Labute approximate surface area is 181 Å². The Hall–Kier alpha value is -3.74. The summed E-state index contributed by atoms with van der Waals surface area (Å²) in [5.74, 6) is -0.979. The van der Waals surface area contributed by atoms with Crippen LogP contribution in [-0.2, 0) is 9.53 Å². The molecule has 1 amide bonds. The van der Waals surface area contributed by atoms with Crippen LogP contribution in [-0.4, -0.2) is 33.5 Å². The number of ketones is 1. The number of carbonyl (C=O) groups excluding carboxylic acids is 3. The lowest BCUT2D eigenvalue weighted by molar-refractivity contribution is -0.123. The summed E-state index contributed by atoms with van der Waals surface area (Å²) in [6.07, 6.45) is 1.39. The minimum Gasteiger partial charge on any atom is -0.449 e. The number of nitrogens with zero attached hydrogens (tertiary/aromatic N) is 2. The Morgan fingerprint density at radius 2 is 1.61 bits per heavy atom. The van der Waals surface area contributed by atoms with Gasteiger partial charge in [0.05, 0.1) is 17.8 Å². The Bertz CT molecular complexity index is 1080. The lowest BCUT2D eigenvalue weighted by Gasteiger charge is -2.17. The molecule has 1 heterocycles. The fourth-order valence-electron chi connectivity index (χ4n) is 3.05. The van der Waals surface area contributed by atoms with E-state index in [-0.39, 0.29) is 23.0 Å². The number of rotatable bonds is 8. The highest BCUT2D eigenvalue weighted by Crippen LogP contribution is 2.19. The van der Waals surface area contributed by atoms with E-state index < -0.39 is 18.0 Å². The fraction of sp³-hybridized carbons (Fsp3) is 0.250. The predicted octanol–water partition coefficient (Wildman–Crippen LogP) is 4.27. The van der Waals surface area contributed by atoms with Gasteiger partial charge in [0, 0.05) is 17.2 Å². The second-order valence-corrected chi connectivity index (χ2v) is 7.20. The van der Waals surface area contributed by atoms with E-state index in [1.54, 1.807) is 59.4 Å². The Morgan fingerprint density at radius 1 is 0.968 bits per heavy atom. The van der Waals surface area contributed by atoms with E-state index in [1.165, 1.54) is 13.0 Å². The van der Waals surface area contributed by atoms with Crippen LogP contribution in [0.4, 0.5) is 5.82 Å². The van der Waals surface area contributed by atoms with Gasteiger partial charge in [0.25, 0.3) is 5.91 Å². The molecule has 0 radical (unpaired) electrons. The van der Waals surface area contributed by atoms with Crippen LogP contribution in [0.2, 0.25) is 0 Å². The van der Waals surface area contributed by atoms with E-state index >= 15 is 0 Å². The van der Waals surface area contributed by atoms with E-state index in [4.69, 9.17) is 4.74 Å². The van der Waals surface area contributed by atoms with Crippen molar-refractivity contribution >= 4 is 23.5 Å². The van der Waals surface area contributed by atoms with Gasteiger partial charge in [0.1, 0.15) is 5.82 Å². The summed E-state index contributed by atoms with van der Waals surface area (Å²) >= 11 is 0. The normalized spacial score (nSPS) is 12.6. The van der Waals surface area contributed by atoms with Crippen molar-refractivity contribution in [1.82, 2.24) is 9.78 Å². The van der Waals surface area contributed by atoms with Gasteiger partial charge in [-0.2, -0.15) is 5.10 Å². The fourth-order valence-corrected chi connectivity index (χ4v) is 3.05. The van der Waals surface area contributed by atoms with Gasteiger partial charge >= 0.3 is 5.97 Å². The van der Waals surface area contributed by atoms with Gasteiger partial charge in [-0.15, -0.1) is 0 Å². The maximum atomic E-state index is 12.8. The largest absolute Gasteiger partial charge is 0.449 e. The summed E-state index contributed by atoms with van der Waals surface area (Å²) in [4.78, 5) is 38.2. The third-order valence-corrected chi connectivity index (χ3v) is 5.01. The Morgan fingerprint density at radius 3 is 2.29 bits per heavy atom. The van der Waals surface area contributed by atoms with Crippen LogP contribution in [0.5, 0.6) is 0 Å². The number of hydrogen-bond acceptors (Lipinski definition) is 5. The highest BCUT2D eigenvalue weighted by molar-refractivity contribution is 6.14. The summed E-state index contributed by atoms with van der Waals surface area (Å²) in [5, 5.41) is 6.97. The van der Waals surface area contributed by atoms with Crippen LogP contribution in [0.1, 0.15) is 59.5 Å². The molecule has 0 fully saturated rings. The van der Waals surface area contributed by atoms with Crippen molar-refractivity contribution in [3.63, 3.8) is 0 Å². The molecule has 0 bridgehead atoms. The highest BCUT2D eigenvalue weighted by atomic mass is 16.5. The van der Waals surface area contributed by atoms with E-state index in [0.29, 0.717) is 11.4 Å². The molecule has 0 aliphatic heterocycles. The first-order valence-corrected chi connectivity index (χ1v) is 10.2. The van der Waals surface area contributed by atoms with E-state index in [9.17, 15) is 14.4 Å². The van der Waals surface area contributed by atoms with Crippen molar-refractivity contribution in [3.05, 3.63) is 83.6 Å². The third-order valence-electron chi connectivity index (χ3n) is 5.01. The molecule has 0 spiro atoms. The monoisotopic (exact) mass is 419 g/mol. The molecule has 160 valence electrons. The number of aromatic nitrogens is 2. The Balaban J connectivity index is 1.73. The molecule has 1 aromatic heterocycles. The third kappa shape index (κ3) is 5.06. The standard InChI is InChI=1S/C24H25N3O4/c1-4-16(2)27-21(14-15-25-27)26-23(29)17(3)31-24(30)20-13-9-8-12-19(20)22(28)18-10-6-5-7-11-18/h5-17H,4H2,1-3H3,(H,26,29)/t16-,17+/m1/s1. The number of ether oxygens (including phenoxy) is 1. The van der Waals surface area contributed by atoms with E-state index in [2.05, 4.69) is 10.4 Å². The van der Waals surface area contributed by atoms with Crippen LogP contribution >= 0.6 is 0 Å². The van der Waals surface area contributed by atoms with Crippen LogP contribution in [0.15, 0.2) is 66.9 Å². The number of amides is 1. The molecule has 0 unspecified atom stereocenters. The molecule has 7 heteroatoms. The van der Waals surface area contributed by atoms with Crippen LogP contribution in [0, 0.1) is 0 Å². The van der Waals surface area contributed by atoms with Gasteiger partial charge in [0.2, 0.25) is 0 Å². The summed E-state index contributed by atoms with van der Waals surface area (Å²) in [6.45, 7) is 5.50. The first-order chi connectivity index (χ1) is 14.9. The number of anilines is 1. The van der Waals surface area contributed by atoms with Gasteiger partial charge in [0.15, 0.2) is 11.9 Å². The summed E-state index contributed by atoms with van der Waals surface area (Å²) in [7, 11) is 0. The number of hydrogen-bond donors (Lipinski definition) is 1. The molecule has 7 nitrogen and oxygen atoms in total. The summed E-state index contributed by atoms with van der Waals surface area (Å²) in [6, 6.07) is 16.9. The molecule has 3 rings (SSSR count). The number of nitrogens with one attached hydrogen (secondary N) is 1. The molecule has 0 saturated heterocycles. The molecule has 2 aromatic carbocycles. The predicted molar refractivity (Wildman–Crippen MR) is 117 cm³/mol. The van der Waals surface area contributed by atoms with Crippen molar-refractivity contribution in [3.8, 4) is 0 Å². The van der Waals surface area contributed by atoms with E-state index in [1.807, 2.05) is 19.9 Å². The molecular formula is C24H25N3O4. The minimum absolute atomic E-state index is 0.110. The van der Waals surface area contributed by atoms with Crippen LogP contribution in [0.3, 0.4) is 0 Å². The summed E-state index contributed by atoms with van der Waals surface area (Å²) in [5.41, 5.74) is 0.800. The number of esters is 1. The topological polar surface area (TPSA) is 90.3 Å². The SMILES string of the molecule is CC[C@@H](C)n1nccc1NC(=O)[C@H](C)OC(=O)c1ccccc1C(=O)c1ccccc1. The van der Waals surface area contributed by atoms with Crippen LogP contribution < -0.4 is 5.32 Å². The quantitative estimate of drug-likeness (QED) is 0.435. The molecule has 31 heavy (non-hydrogen) atoms. The maximum Gasteiger partial charge on any atom is 0.339 e. The van der Waals surface area contributed by atoms with E-state index in [0.717, 1.165) is 6.42 Å². The summed E-state index contributed by atoms with van der Waals surface area (Å²) < 4.78 is 7.08. The van der Waals surface area contributed by atoms with Gasteiger partial charge in [-0.3, -0.25) is 9.59 Å². The van der Waals surface area contributed by atoms with Crippen molar-refractivity contribution in [1.29, 1.82) is 0 Å². The van der Waals surface area contributed by atoms with Crippen molar-refractivity contribution in [2.24, 2.45) is 0 Å². The van der Waals surface area contributed by atoms with Gasteiger partial charge < -0.3 is 10.1 Å². The Kier molecular flexibility index (Phi) is 6.97. The van der Waals surface area contributed by atoms with Crippen molar-refractivity contribution in [2.75, 3.05) is 5.32 Å². The van der Waals surface area contributed by atoms with Gasteiger partial charge in [-0.05, 0) is 26.3 Å². The first kappa shape index (κ1) is 22.0. The van der Waals surface area contributed by atoms with Crippen molar-refractivity contribution < 1.29 is 19.1 Å². The maximum absolute atomic E-state index is 12.8. The molecule has 3 aromatic rings. The lowest BCUT2D eigenvalue weighted by atomic mass is 9.98. The zero-order valence-corrected chi connectivity index (χ0v) is 17.7. The number of carbonyl (C=O) groups is 3. The highest BCUT2D eigenvalue weighted by Gasteiger charge is 2.24. The van der Waals surface area contributed by atoms with Crippen molar-refractivity contribution in [2.45, 2.75) is 39.3 Å².